The van der Waals surface area contributed by atoms with Gasteiger partial charge >= 0.3 is 0 Å². The lowest BCUT2D eigenvalue weighted by molar-refractivity contribution is -0.151. The Morgan fingerprint density at radius 1 is 1.25 bits per heavy atom. The molecule has 2 fully saturated rings. The standard InChI is InChI=1S/C18H26FN3O2/c1-14(21-9-7-20(2)8-10-21)18(23)22-11-16(12-22)24-13-15-5-3-4-6-17(15)19/h3-6,14,16H,7-13H2,1-2H3/t14-/m0/s1. The number of likely N-dealkylation sites (tertiary alicyclic amines) is 1. The van der Waals surface area contributed by atoms with E-state index in [1.165, 1.54) is 6.07 Å². The predicted molar refractivity (Wildman–Crippen MR) is 90.1 cm³/mol. The quantitative estimate of drug-likeness (QED) is 0.810. The average molecular weight is 335 g/mol. The number of nitrogens with zero attached hydrogens (tertiary/aromatic N) is 3. The van der Waals surface area contributed by atoms with E-state index in [0.717, 1.165) is 26.2 Å². The van der Waals surface area contributed by atoms with E-state index < -0.39 is 0 Å². The van der Waals surface area contributed by atoms with Gasteiger partial charge < -0.3 is 14.5 Å². The maximum atomic E-state index is 13.6. The van der Waals surface area contributed by atoms with Crippen LogP contribution in [-0.4, -0.2) is 79.1 Å². The molecule has 1 aromatic rings. The van der Waals surface area contributed by atoms with Crippen LogP contribution < -0.4 is 0 Å². The Morgan fingerprint density at radius 2 is 1.92 bits per heavy atom. The summed E-state index contributed by atoms with van der Waals surface area (Å²) in [6.07, 6.45) is 0.00763. The summed E-state index contributed by atoms with van der Waals surface area (Å²) in [5.74, 6) is -0.0706. The number of amides is 1. The highest BCUT2D eigenvalue weighted by Crippen LogP contribution is 2.18. The van der Waals surface area contributed by atoms with Crippen molar-refractivity contribution < 1.29 is 13.9 Å². The summed E-state index contributed by atoms with van der Waals surface area (Å²) in [5, 5.41) is 0. The largest absolute Gasteiger partial charge is 0.370 e. The van der Waals surface area contributed by atoms with Gasteiger partial charge in [0, 0.05) is 44.8 Å². The van der Waals surface area contributed by atoms with Crippen LogP contribution >= 0.6 is 0 Å². The summed E-state index contributed by atoms with van der Waals surface area (Å²) >= 11 is 0. The van der Waals surface area contributed by atoms with E-state index in [-0.39, 0.29) is 30.5 Å². The monoisotopic (exact) mass is 335 g/mol. The van der Waals surface area contributed by atoms with E-state index in [2.05, 4.69) is 16.8 Å². The predicted octanol–water partition coefficient (Wildman–Crippen LogP) is 1.19. The van der Waals surface area contributed by atoms with Gasteiger partial charge in [-0.25, -0.2) is 4.39 Å². The van der Waals surface area contributed by atoms with Crippen LogP contribution in [0.5, 0.6) is 0 Å². The number of halogens is 1. The molecule has 0 saturated carbocycles. The average Bonchev–Trinajstić information content (AvgIpc) is 2.54. The van der Waals surface area contributed by atoms with Crippen molar-refractivity contribution >= 4 is 5.91 Å². The molecule has 0 aromatic heterocycles. The number of carbonyl (C=O) groups is 1. The van der Waals surface area contributed by atoms with Crippen LogP contribution in [0.25, 0.3) is 0 Å². The first-order valence-electron chi connectivity index (χ1n) is 8.61. The minimum Gasteiger partial charge on any atom is -0.370 e. The zero-order valence-corrected chi connectivity index (χ0v) is 14.4. The molecule has 0 unspecified atom stereocenters. The van der Waals surface area contributed by atoms with Gasteiger partial charge in [0.1, 0.15) is 5.82 Å². The molecule has 1 atom stereocenters. The van der Waals surface area contributed by atoms with Crippen molar-refractivity contribution in [1.29, 1.82) is 0 Å². The maximum Gasteiger partial charge on any atom is 0.239 e. The second-order valence-corrected chi connectivity index (χ2v) is 6.78. The number of likely N-dealkylation sites (N-methyl/N-ethyl adjacent to an activating group) is 1. The summed E-state index contributed by atoms with van der Waals surface area (Å²) in [4.78, 5) is 18.9. The maximum absolute atomic E-state index is 13.6. The molecule has 0 radical (unpaired) electrons. The molecule has 5 nitrogen and oxygen atoms in total. The molecule has 0 bridgehead atoms. The van der Waals surface area contributed by atoms with Crippen LogP contribution in [0.1, 0.15) is 12.5 Å². The van der Waals surface area contributed by atoms with Gasteiger partial charge in [-0.2, -0.15) is 0 Å². The van der Waals surface area contributed by atoms with Gasteiger partial charge in [-0.15, -0.1) is 0 Å². The molecule has 1 amide bonds. The van der Waals surface area contributed by atoms with E-state index in [9.17, 15) is 9.18 Å². The first-order valence-corrected chi connectivity index (χ1v) is 8.61. The van der Waals surface area contributed by atoms with E-state index >= 15 is 0 Å². The lowest BCUT2D eigenvalue weighted by Gasteiger charge is -2.43. The number of hydrogen-bond acceptors (Lipinski definition) is 4. The van der Waals surface area contributed by atoms with E-state index in [1.54, 1.807) is 18.2 Å². The zero-order chi connectivity index (χ0) is 17.1. The molecule has 0 N–H and O–H groups in total. The van der Waals surface area contributed by atoms with Crippen molar-refractivity contribution in [2.75, 3.05) is 46.3 Å². The van der Waals surface area contributed by atoms with Gasteiger partial charge in [-0.05, 0) is 20.0 Å². The summed E-state index contributed by atoms with van der Waals surface area (Å²) in [7, 11) is 2.11. The highest BCUT2D eigenvalue weighted by Gasteiger charge is 2.36. The van der Waals surface area contributed by atoms with Crippen LogP contribution in [0.3, 0.4) is 0 Å². The van der Waals surface area contributed by atoms with Crippen LogP contribution in [0, 0.1) is 5.82 Å². The van der Waals surface area contributed by atoms with Gasteiger partial charge in [-0.1, -0.05) is 18.2 Å². The SMILES string of the molecule is C[C@@H](C(=O)N1CC(OCc2ccccc2F)C1)N1CCN(C)CC1. The van der Waals surface area contributed by atoms with Crippen LogP contribution in [0.4, 0.5) is 4.39 Å². The minimum absolute atomic E-state index is 0.00763. The first-order chi connectivity index (χ1) is 11.5. The smallest absolute Gasteiger partial charge is 0.239 e. The Hall–Kier alpha value is -1.50. The Bertz CT molecular complexity index is 569. The highest BCUT2D eigenvalue weighted by molar-refractivity contribution is 5.82. The molecule has 2 saturated heterocycles. The Labute approximate surface area is 143 Å². The lowest BCUT2D eigenvalue weighted by Crippen LogP contribution is -2.61. The summed E-state index contributed by atoms with van der Waals surface area (Å²) in [6.45, 7) is 7.33. The van der Waals surface area contributed by atoms with Crippen molar-refractivity contribution in [2.45, 2.75) is 25.7 Å². The summed E-state index contributed by atoms with van der Waals surface area (Å²) in [5.41, 5.74) is 0.563. The van der Waals surface area contributed by atoms with Gasteiger partial charge in [0.15, 0.2) is 0 Å². The van der Waals surface area contributed by atoms with E-state index in [0.29, 0.717) is 18.7 Å². The first kappa shape index (κ1) is 17.3. The number of carbonyl (C=O) groups excluding carboxylic acids is 1. The highest BCUT2D eigenvalue weighted by atomic mass is 19.1. The van der Waals surface area contributed by atoms with Gasteiger partial charge in [0.2, 0.25) is 5.91 Å². The fraction of sp³-hybridized carbons (Fsp3) is 0.611. The van der Waals surface area contributed by atoms with Crippen LogP contribution in [0.15, 0.2) is 24.3 Å². The molecule has 2 heterocycles. The number of benzene rings is 1. The molecular weight excluding hydrogens is 309 g/mol. The number of piperazine rings is 1. The van der Waals surface area contributed by atoms with Crippen molar-refractivity contribution in [2.24, 2.45) is 0 Å². The van der Waals surface area contributed by atoms with E-state index in [4.69, 9.17) is 4.74 Å². The van der Waals surface area contributed by atoms with Gasteiger partial charge in [-0.3, -0.25) is 9.69 Å². The van der Waals surface area contributed by atoms with Gasteiger partial charge in [0.05, 0.1) is 18.8 Å². The van der Waals surface area contributed by atoms with Crippen LogP contribution in [-0.2, 0) is 16.1 Å². The third kappa shape index (κ3) is 3.94. The molecule has 24 heavy (non-hydrogen) atoms. The van der Waals surface area contributed by atoms with Crippen molar-refractivity contribution in [3.63, 3.8) is 0 Å². The zero-order valence-electron chi connectivity index (χ0n) is 14.4. The molecule has 0 aliphatic carbocycles. The third-order valence-corrected chi connectivity index (χ3v) is 5.04. The topological polar surface area (TPSA) is 36.0 Å². The molecule has 6 heteroatoms. The molecule has 0 spiro atoms. The van der Waals surface area contributed by atoms with Gasteiger partial charge in [0.25, 0.3) is 0 Å². The molecule has 3 rings (SSSR count). The fourth-order valence-corrected chi connectivity index (χ4v) is 3.18. The Kier molecular flexibility index (Phi) is 5.48. The molecular formula is C18H26FN3O2. The van der Waals surface area contributed by atoms with Crippen molar-refractivity contribution in [3.05, 3.63) is 35.6 Å². The normalized spacial score (nSPS) is 21.5. The van der Waals surface area contributed by atoms with Crippen LogP contribution in [0.2, 0.25) is 0 Å². The number of rotatable bonds is 5. The summed E-state index contributed by atoms with van der Waals surface area (Å²) < 4.78 is 19.3. The molecule has 1 aromatic carbocycles. The summed E-state index contributed by atoms with van der Waals surface area (Å²) in [6, 6.07) is 6.56. The second-order valence-electron chi connectivity index (χ2n) is 6.78. The molecule has 2 aliphatic heterocycles. The van der Waals surface area contributed by atoms with E-state index in [1.807, 2.05) is 11.8 Å². The minimum atomic E-state index is -0.242. The van der Waals surface area contributed by atoms with Crippen molar-refractivity contribution in [3.8, 4) is 0 Å². The van der Waals surface area contributed by atoms with Crippen molar-refractivity contribution in [1.82, 2.24) is 14.7 Å². The third-order valence-electron chi connectivity index (χ3n) is 5.04. The Balaban J connectivity index is 1.41. The molecule has 132 valence electrons. The second kappa shape index (κ2) is 7.59. The molecule has 2 aliphatic rings. The fourth-order valence-electron chi connectivity index (χ4n) is 3.18. The Morgan fingerprint density at radius 3 is 2.58 bits per heavy atom. The number of hydrogen-bond donors (Lipinski definition) is 0. The number of ether oxygens (including phenoxy) is 1. The lowest BCUT2D eigenvalue weighted by atomic mass is 10.1.